The molecule has 6 heteroatoms. The Kier molecular flexibility index (Phi) is 5.65. The van der Waals surface area contributed by atoms with Crippen molar-refractivity contribution in [3.8, 4) is 5.75 Å². The summed E-state index contributed by atoms with van der Waals surface area (Å²) >= 11 is 0. The van der Waals surface area contributed by atoms with Crippen LogP contribution in [0.2, 0.25) is 0 Å². The summed E-state index contributed by atoms with van der Waals surface area (Å²) in [5, 5.41) is 12.3. The zero-order valence-corrected chi connectivity index (χ0v) is 12.6. The molecule has 1 unspecified atom stereocenters. The highest BCUT2D eigenvalue weighted by Crippen LogP contribution is 2.11. The van der Waals surface area contributed by atoms with Crippen LogP contribution in [0.4, 0.5) is 8.78 Å². The second-order valence-corrected chi connectivity index (χ2v) is 5.09. The molecule has 1 amide bonds. The quantitative estimate of drug-likeness (QED) is 0.859. The number of hydrogen-bond donors (Lipinski definition) is 2. The highest BCUT2D eigenvalue weighted by Gasteiger charge is 2.11. The van der Waals surface area contributed by atoms with E-state index in [0.717, 1.165) is 6.07 Å². The predicted octanol–water partition coefficient (Wildman–Crippen LogP) is 2.44. The molecule has 0 spiro atoms. The molecule has 0 aliphatic carbocycles. The number of carbonyl (C=O) groups excluding carboxylic acids is 1. The molecule has 23 heavy (non-hydrogen) atoms. The maximum Gasteiger partial charge on any atom is 0.251 e. The Bertz CT molecular complexity index is 674. The van der Waals surface area contributed by atoms with E-state index >= 15 is 0 Å². The minimum absolute atomic E-state index is 0.0461. The van der Waals surface area contributed by atoms with Crippen molar-refractivity contribution < 1.29 is 23.4 Å². The summed E-state index contributed by atoms with van der Waals surface area (Å²) in [6, 6.07) is 9.54. The molecule has 2 rings (SSSR count). The van der Waals surface area contributed by atoms with Crippen LogP contribution in [0.3, 0.4) is 0 Å². The van der Waals surface area contributed by atoms with Crippen molar-refractivity contribution >= 4 is 5.91 Å². The SMILES string of the molecule is Cc1ccc(C(=O)NCC(O)COc2ccc(F)cc2)cc1F. The second-order valence-electron chi connectivity index (χ2n) is 5.09. The minimum atomic E-state index is -0.945. The van der Waals surface area contributed by atoms with Crippen LogP contribution in [-0.2, 0) is 0 Å². The Balaban J connectivity index is 1.79. The van der Waals surface area contributed by atoms with Crippen molar-refractivity contribution in [1.29, 1.82) is 0 Å². The molecule has 0 saturated heterocycles. The zero-order valence-electron chi connectivity index (χ0n) is 12.6. The van der Waals surface area contributed by atoms with E-state index in [1.54, 1.807) is 6.92 Å². The number of aliphatic hydroxyl groups is 1. The van der Waals surface area contributed by atoms with E-state index in [-0.39, 0.29) is 24.5 Å². The highest BCUT2D eigenvalue weighted by atomic mass is 19.1. The van der Waals surface area contributed by atoms with Gasteiger partial charge in [0.2, 0.25) is 0 Å². The van der Waals surface area contributed by atoms with Crippen molar-refractivity contribution in [2.45, 2.75) is 13.0 Å². The maximum absolute atomic E-state index is 13.4. The van der Waals surface area contributed by atoms with Crippen molar-refractivity contribution in [2.75, 3.05) is 13.2 Å². The fourth-order valence-electron chi connectivity index (χ4n) is 1.83. The van der Waals surface area contributed by atoms with Crippen molar-refractivity contribution in [1.82, 2.24) is 5.32 Å². The second kappa shape index (κ2) is 7.69. The fraction of sp³-hybridized carbons (Fsp3) is 0.235. The molecule has 122 valence electrons. The molecule has 1 atom stereocenters. The molecule has 0 saturated carbocycles. The van der Waals surface area contributed by atoms with Gasteiger partial charge in [0.25, 0.3) is 5.91 Å². The first-order chi connectivity index (χ1) is 11.0. The summed E-state index contributed by atoms with van der Waals surface area (Å²) in [5.41, 5.74) is 0.633. The minimum Gasteiger partial charge on any atom is -0.491 e. The molecule has 2 aromatic carbocycles. The van der Waals surface area contributed by atoms with Gasteiger partial charge in [0.1, 0.15) is 30.1 Å². The van der Waals surface area contributed by atoms with E-state index in [9.17, 15) is 18.7 Å². The Morgan fingerprint density at radius 3 is 2.57 bits per heavy atom. The monoisotopic (exact) mass is 321 g/mol. The van der Waals surface area contributed by atoms with E-state index in [1.807, 2.05) is 0 Å². The van der Waals surface area contributed by atoms with Crippen LogP contribution in [0.5, 0.6) is 5.75 Å². The molecular formula is C17H17F2NO3. The van der Waals surface area contributed by atoms with Crippen LogP contribution in [0.1, 0.15) is 15.9 Å². The van der Waals surface area contributed by atoms with E-state index < -0.39 is 17.8 Å². The molecular weight excluding hydrogens is 304 g/mol. The molecule has 2 N–H and O–H groups in total. The summed E-state index contributed by atoms with van der Waals surface area (Å²) in [7, 11) is 0. The topological polar surface area (TPSA) is 58.6 Å². The molecule has 0 heterocycles. The van der Waals surface area contributed by atoms with Gasteiger partial charge in [-0.3, -0.25) is 4.79 Å². The molecule has 4 nitrogen and oxygen atoms in total. The number of ether oxygens (including phenoxy) is 1. The number of carbonyl (C=O) groups is 1. The Morgan fingerprint density at radius 1 is 1.22 bits per heavy atom. The molecule has 0 radical (unpaired) electrons. The lowest BCUT2D eigenvalue weighted by atomic mass is 10.1. The average Bonchev–Trinajstić information content (AvgIpc) is 2.54. The molecule has 2 aromatic rings. The van der Waals surface area contributed by atoms with Gasteiger partial charge in [-0.1, -0.05) is 6.07 Å². The van der Waals surface area contributed by atoms with Gasteiger partial charge >= 0.3 is 0 Å². The van der Waals surface area contributed by atoms with E-state index in [2.05, 4.69) is 5.32 Å². The summed E-state index contributed by atoms with van der Waals surface area (Å²) in [6.45, 7) is 1.50. The normalized spacial score (nSPS) is 11.8. The molecule has 0 fully saturated rings. The van der Waals surface area contributed by atoms with E-state index in [4.69, 9.17) is 4.74 Å². The third-order valence-electron chi connectivity index (χ3n) is 3.19. The average molecular weight is 321 g/mol. The smallest absolute Gasteiger partial charge is 0.251 e. The molecule has 0 bridgehead atoms. The van der Waals surface area contributed by atoms with Gasteiger partial charge in [0, 0.05) is 12.1 Å². The number of halogens is 2. The highest BCUT2D eigenvalue weighted by molar-refractivity contribution is 5.94. The molecule has 0 aromatic heterocycles. The van der Waals surface area contributed by atoms with Gasteiger partial charge in [0.05, 0.1) is 0 Å². The summed E-state index contributed by atoms with van der Waals surface area (Å²) in [4.78, 5) is 11.9. The summed E-state index contributed by atoms with van der Waals surface area (Å²) in [6.07, 6.45) is -0.945. The van der Waals surface area contributed by atoms with Crippen LogP contribution >= 0.6 is 0 Å². The van der Waals surface area contributed by atoms with Crippen LogP contribution in [0, 0.1) is 18.6 Å². The molecule has 0 aliphatic heterocycles. The van der Waals surface area contributed by atoms with Crippen LogP contribution in [-0.4, -0.2) is 30.3 Å². The fourth-order valence-corrected chi connectivity index (χ4v) is 1.83. The number of amides is 1. The van der Waals surface area contributed by atoms with Crippen LogP contribution in [0.25, 0.3) is 0 Å². The number of rotatable bonds is 6. The van der Waals surface area contributed by atoms with Gasteiger partial charge in [0.15, 0.2) is 0 Å². The lowest BCUT2D eigenvalue weighted by Crippen LogP contribution is -2.35. The predicted molar refractivity (Wildman–Crippen MR) is 81.4 cm³/mol. The van der Waals surface area contributed by atoms with Crippen LogP contribution < -0.4 is 10.1 Å². The first-order valence-corrected chi connectivity index (χ1v) is 7.06. The number of aliphatic hydroxyl groups excluding tert-OH is 1. The van der Waals surface area contributed by atoms with Gasteiger partial charge in [-0.15, -0.1) is 0 Å². The van der Waals surface area contributed by atoms with Crippen LogP contribution in [0.15, 0.2) is 42.5 Å². The van der Waals surface area contributed by atoms with Gasteiger partial charge in [-0.05, 0) is 48.9 Å². The van der Waals surface area contributed by atoms with E-state index in [1.165, 1.54) is 36.4 Å². The first-order valence-electron chi connectivity index (χ1n) is 7.06. The third kappa shape index (κ3) is 5.03. The number of aryl methyl sites for hydroxylation is 1. The summed E-state index contributed by atoms with van der Waals surface area (Å²) < 4.78 is 31.4. The molecule has 0 aliphatic rings. The number of nitrogens with one attached hydrogen (secondary N) is 1. The number of hydrogen-bond acceptors (Lipinski definition) is 3. The van der Waals surface area contributed by atoms with Crippen molar-refractivity contribution in [3.63, 3.8) is 0 Å². The first kappa shape index (κ1) is 16.9. The maximum atomic E-state index is 13.4. The third-order valence-corrected chi connectivity index (χ3v) is 3.19. The number of benzene rings is 2. The van der Waals surface area contributed by atoms with Gasteiger partial charge < -0.3 is 15.2 Å². The lowest BCUT2D eigenvalue weighted by Gasteiger charge is -2.13. The summed E-state index contributed by atoms with van der Waals surface area (Å²) in [5.74, 6) is -0.907. The van der Waals surface area contributed by atoms with Gasteiger partial charge in [-0.2, -0.15) is 0 Å². The lowest BCUT2D eigenvalue weighted by molar-refractivity contribution is 0.0843. The Labute approximate surface area is 132 Å². The Morgan fingerprint density at radius 2 is 1.91 bits per heavy atom. The standard InChI is InChI=1S/C17H17F2NO3/c1-11-2-3-12(8-16(11)19)17(22)20-9-14(21)10-23-15-6-4-13(18)5-7-15/h2-8,14,21H,9-10H2,1H3,(H,20,22). The van der Waals surface area contributed by atoms with Crippen molar-refractivity contribution in [3.05, 3.63) is 65.2 Å². The van der Waals surface area contributed by atoms with Gasteiger partial charge in [-0.25, -0.2) is 8.78 Å². The Hall–Kier alpha value is -2.47. The van der Waals surface area contributed by atoms with E-state index in [0.29, 0.717) is 11.3 Å². The van der Waals surface area contributed by atoms with Crippen molar-refractivity contribution in [2.24, 2.45) is 0 Å². The largest absolute Gasteiger partial charge is 0.491 e. The zero-order chi connectivity index (χ0) is 16.8.